The molecule has 0 spiro atoms. The molecule has 0 amide bonds. The van der Waals surface area contributed by atoms with Crippen molar-refractivity contribution in [3.8, 4) is 12.3 Å². The third-order valence-corrected chi connectivity index (χ3v) is 2.66. The average Bonchev–Trinajstić information content (AvgIpc) is 2.14. The van der Waals surface area contributed by atoms with E-state index in [0.717, 1.165) is 6.26 Å². The molecule has 0 aliphatic rings. The van der Waals surface area contributed by atoms with Crippen molar-refractivity contribution in [1.29, 1.82) is 0 Å². The molecule has 1 aromatic heterocycles. The van der Waals surface area contributed by atoms with E-state index in [2.05, 4.69) is 16.2 Å². The molecule has 0 unspecified atom stereocenters. The topological polar surface area (TPSA) is 59.1 Å². The first kappa shape index (κ1) is 10.5. The molecule has 0 aliphatic heterocycles. The maximum Gasteiger partial charge on any atom is 0.179 e. The molecule has 5 heteroatoms. The zero-order chi connectivity index (χ0) is 10.6. The molecule has 0 saturated carbocycles. The summed E-state index contributed by atoms with van der Waals surface area (Å²) in [4.78, 5) is 4.06. The van der Waals surface area contributed by atoms with Gasteiger partial charge < -0.3 is 5.32 Å². The van der Waals surface area contributed by atoms with Crippen LogP contribution in [0.15, 0.2) is 23.2 Å². The first-order valence-corrected chi connectivity index (χ1v) is 5.77. The Labute approximate surface area is 83.3 Å². The molecule has 74 valence electrons. The van der Waals surface area contributed by atoms with Crippen LogP contribution in [0.5, 0.6) is 0 Å². The standard InChI is InChI=1S/C9H10N2O2S/c1-3-6-10-9-8(14(2,12)13)5-4-7-11-9/h1,4-5,7H,6H2,2H3,(H,10,11). The zero-order valence-electron chi connectivity index (χ0n) is 7.69. The highest BCUT2D eigenvalue weighted by atomic mass is 32.2. The Bertz CT molecular complexity index is 460. The highest BCUT2D eigenvalue weighted by molar-refractivity contribution is 7.90. The summed E-state index contributed by atoms with van der Waals surface area (Å²) >= 11 is 0. The van der Waals surface area contributed by atoms with Crippen molar-refractivity contribution in [3.63, 3.8) is 0 Å². The highest BCUT2D eigenvalue weighted by Gasteiger charge is 2.12. The van der Waals surface area contributed by atoms with Crippen molar-refractivity contribution in [3.05, 3.63) is 18.3 Å². The van der Waals surface area contributed by atoms with Crippen molar-refractivity contribution < 1.29 is 8.42 Å². The van der Waals surface area contributed by atoms with Crippen molar-refractivity contribution in [1.82, 2.24) is 4.98 Å². The Morgan fingerprint density at radius 1 is 1.64 bits per heavy atom. The van der Waals surface area contributed by atoms with Gasteiger partial charge in [0, 0.05) is 12.5 Å². The van der Waals surface area contributed by atoms with E-state index >= 15 is 0 Å². The smallest absolute Gasteiger partial charge is 0.179 e. The van der Waals surface area contributed by atoms with Crippen LogP contribution in [-0.2, 0) is 9.84 Å². The lowest BCUT2D eigenvalue weighted by Gasteiger charge is -2.06. The predicted octanol–water partition coefficient (Wildman–Crippen LogP) is 0.530. The van der Waals surface area contributed by atoms with Gasteiger partial charge >= 0.3 is 0 Å². The molecule has 0 aromatic carbocycles. The molecule has 0 fully saturated rings. The minimum absolute atomic E-state index is 0.162. The Morgan fingerprint density at radius 3 is 2.93 bits per heavy atom. The molecule has 14 heavy (non-hydrogen) atoms. The van der Waals surface area contributed by atoms with Crippen LogP contribution in [0.4, 0.5) is 5.82 Å². The van der Waals surface area contributed by atoms with E-state index in [1.807, 2.05) is 0 Å². The van der Waals surface area contributed by atoms with Gasteiger partial charge in [-0.05, 0) is 12.1 Å². The second-order valence-electron chi connectivity index (χ2n) is 2.68. The maximum absolute atomic E-state index is 11.3. The normalized spacial score (nSPS) is 10.6. The van der Waals surface area contributed by atoms with Crippen LogP contribution >= 0.6 is 0 Å². The maximum atomic E-state index is 11.3. The molecule has 0 radical (unpaired) electrons. The largest absolute Gasteiger partial charge is 0.358 e. The Hall–Kier alpha value is -1.54. The number of pyridine rings is 1. The van der Waals surface area contributed by atoms with Crippen LogP contribution in [0, 0.1) is 12.3 Å². The van der Waals surface area contributed by atoms with E-state index in [1.165, 1.54) is 12.3 Å². The molecule has 0 bridgehead atoms. The SMILES string of the molecule is C#CCNc1ncccc1S(C)(=O)=O. The van der Waals surface area contributed by atoms with Gasteiger partial charge in [0.1, 0.15) is 10.7 Å². The minimum atomic E-state index is -3.26. The molecule has 4 nitrogen and oxygen atoms in total. The predicted molar refractivity (Wildman–Crippen MR) is 54.7 cm³/mol. The van der Waals surface area contributed by atoms with Crippen LogP contribution < -0.4 is 5.32 Å². The van der Waals surface area contributed by atoms with Crippen LogP contribution in [-0.4, -0.2) is 26.2 Å². The summed E-state index contributed by atoms with van der Waals surface area (Å²) in [5.74, 6) is 2.65. The summed E-state index contributed by atoms with van der Waals surface area (Å²) < 4.78 is 22.6. The fourth-order valence-corrected chi connectivity index (χ4v) is 1.76. The summed E-state index contributed by atoms with van der Waals surface area (Å²) in [6.45, 7) is 0.250. The first-order chi connectivity index (χ1) is 6.55. The molecule has 0 aliphatic carbocycles. The number of anilines is 1. The Balaban J connectivity index is 3.12. The summed E-state index contributed by atoms with van der Waals surface area (Å²) in [5, 5.41) is 2.74. The zero-order valence-corrected chi connectivity index (χ0v) is 8.50. The van der Waals surface area contributed by atoms with E-state index in [1.54, 1.807) is 6.07 Å². The number of rotatable bonds is 3. The molecular weight excluding hydrogens is 200 g/mol. The fourth-order valence-electron chi connectivity index (χ4n) is 0.957. The van der Waals surface area contributed by atoms with Crippen molar-refractivity contribution in [2.24, 2.45) is 0 Å². The fraction of sp³-hybridized carbons (Fsp3) is 0.222. The van der Waals surface area contributed by atoms with E-state index in [-0.39, 0.29) is 11.4 Å². The van der Waals surface area contributed by atoms with Crippen molar-refractivity contribution >= 4 is 15.7 Å². The summed E-state index contributed by atoms with van der Waals surface area (Å²) in [6.07, 6.45) is 7.68. The lowest BCUT2D eigenvalue weighted by molar-refractivity contribution is 0.602. The number of aromatic nitrogens is 1. The van der Waals surface area contributed by atoms with Gasteiger partial charge in [-0.15, -0.1) is 6.42 Å². The van der Waals surface area contributed by atoms with Gasteiger partial charge in [0.25, 0.3) is 0 Å². The van der Waals surface area contributed by atoms with E-state index in [4.69, 9.17) is 6.42 Å². The lowest BCUT2D eigenvalue weighted by Crippen LogP contribution is -2.07. The van der Waals surface area contributed by atoms with E-state index in [9.17, 15) is 8.42 Å². The molecule has 0 atom stereocenters. The number of hydrogen-bond acceptors (Lipinski definition) is 4. The van der Waals surface area contributed by atoms with E-state index in [0.29, 0.717) is 5.82 Å². The van der Waals surface area contributed by atoms with Gasteiger partial charge in [-0.3, -0.25) is 0 Å². The van der Waals surface area contributed by atoms with E-state index < -0.39 is 9.84 Å². The van der Waals surface area contributed by atoms with Crippen LogP contribution in [0.25, 0.3) is 0 Å². The van der Waals surface area contributed by atoms with Crippen molar-refractivity contribution in [2.45, 2.75) is 4.90 Å². The van der Waals surface area contributed by atoms with Crippen LogP contribution in [0.1, 0.15) is 0 Å². The van der Waals surface area contributed by atoms with Gasteiger partial charge in [-0.25, -0.2) is 13.4 Å². The molecule has 1 heterocycles. The van der Waals surface area contributed by atoms with Gasteiger partial charge in [-0.2, -0.15) is 0 Å². The average molecular weight is 210 g/mol. The third-order valence-electron chi connectivity index (χ3n) is 1.53. The highest BCUT2D eigenvalue weighted by Crippen LogP contribution is 2.16. The monoisotopic (exact) mass is 210 g/mol. The number of nitrogens with one attached hydrogen (secondary N) is 1. The molecule has 1 N–H and O–H groups in total. The Kier molecular flexibility index (Phi) is 3.10. The van der Waals surface area contributed by atoms with Crippen molar-refractivity contribution in [2.75, 3.05) is 18.1 Å². The summed E-state index contributed by atoms with van der Waals surface area (Å²) in [6, 6.07) is 3.05. The van der Waals surface area contributed by atoms with Crippen LogP contribution in [0.2, 0.25) is 0 Å². The molecule has 1 rings (SSSR count). The quantitative estimate of drug-likeness (QED) is 0.739. The van der Waals surface area contributed by atoms with Gasteiger partial charge in [0.15, 0.2) is 9.84 Å². The van der Waals surface area contributed by atoms with Crippen LogP contribution in [0.3, 0.4) is 0 Å². The minimum Gasteiger partial charge on any atom is -0.358 e. The Morgan fingerprint density at radius 2 is 2.36 bits per heavy atom. The summed E-state index contributed by atoms with van der Waals surface area (Å²) in [5.41, 5.74) is 0. The number of hydrogen-bond donors (Lipinski definition) is 1. The number of sulfone groups is 1. The second-order valence-corrected chi connectivity index (χ2v) is 4.66. The third kappa shape index (κ3) is 2.47. The molecule has 1 aromatic rings. The molecule has 0 saturated heterocycles. The van der Waals surface area contributed by atoms with Gasteiger partial charge in [0.2, 0.25) is 0 Å². The lowest BCUT2D eigenvalue weighted by atomic mass is 10.4. The number of nitrogens with zero attached hydrogens (tertiary/aromatic N) is 1. The van der Waals surface area contributed by atoms with Gasteiger partial charge in [-0.1, -0.05) is 5.92 Å². The summed E-state index contributed by atoms with van der Waals surface area (Å²) in [7, 11) is -3.26. The second kappa shape index (κ2) is 4.11. The first-order valence-electron chi connectivity index (χ1n) is 3.88. The molecular formula is C9H10N2O2S. The van der Waals surface area contributed by atoms with Gasteiger partial charge in [0.05, 0.1) is 6.54 Å². The number of terminal acetylenes is 1.